The van der Waals surface area contributed by atoms with Crippen LogP contribution < -0.4 is 10.1 Å². The summed E-state index contributed by atoms with van der Waals surface area (Å²) in [7, 11) is 0. The van der Waals surface area contributed by atoms with Crippen molar-refractivity contribution in [1.29, 1.82) is 0 Å². The average molecular weight is 281 g/mol. The zero-order chi connectivity index (χ0) is 14.8. The summed E-state index contributed by atoms with van der Waals surface area (Å²) in [5.74, 6) is 1.16. The lowest BCUT2D eigenvalue weighted by Crippen LogP contribution is -2.12. The Morgan fingerprint density at radius 1 is 1.19 bits per heavy atom. The maximum absolute atomic E-state index is 11.1. The van der Waals surface area contributed by atoms with Crippen LogP contribution in [0.5, 0.6) is 5.75 Å². The summed E-state index contributed by atoms with van der Waals surface area (Å²) in [6.07, 6.45) is 1.13. The van der Waals surface area contributed by atoms with Gasteiger partial charge in [0.15, 0.2) is 0 Å². The Labute approximate surface area is 124 Å². The Balaban J connectivity index is 1.82. The van der Waals surface area contributed by atoms with Crippen molar-refractivity contribution in [2.75, 3.05) is 5.32 Å². The molecule has 0 radical (unpaired) electrons. The van der Waals surface area contributed by atoms with E-state index in [9.17, 15) is 4.79 Å². The van der Waals surface area contributed by atoms with Crippen LogP contribution in [0.4, 0.5) is 5.69 Å². The number of carbonyl (C=O) groups excluding carboxylic acids is 1. The molecule has 108 valence electrons. The molecular weight excluding hydrogens is 262 g/mol. The lowest BCUT2D eigenvalue weighted by molar-refractivity contribution is -0.114. The summed E-state index contributed by atoms with van der Waals surface area (Å²) in [5, 5.41) is 2.78. The highest BCUT2D eigenvalue weighted by Gasteiger charge is 2.30. The maximum Gasteiger partial charge on any atom is 0.221 e. The molecule has 2 aromatic rings. The molecule has 0 saturated carbocycles. The molecule has 21 heavy (non-hydrogen) atoms. The molecule has 1 amide bonds. The molecule has 0 aliphatic heterocycles. The predicted octanol–water partition coefficient (Wildman–Crippen LogP) is 3.96. The Morgan fingerprint density at radius 3 is 2.81 bits per heavy atom. The normalized spacial score (nSPS) is 19.9. The minimum Gasteiger partial charge on any atom is -0.485 e. The Morgan fingerprint density at radius 2 is 2.00 bits per heavy atom. The molecule has 0 heterocycles. The zero-order valence-electron chi connectivity index (χ0n) is 12.3. The third-order valence-electron chi connectivity index (χ3n) is 3.84. The molecule has 0 spiro atoms. The first-order valence-corrected chi connectivity index (χ1v) is 7.25. The van der Waals surface area contributed by atoms with Gasteiger partial charge < -0.3 is 10.1 Å². The number of rotatable bonds is 3. The molecule has 0 fully saturated rings. The number of benzene rings is 2. The van der Waals surface area contributed by atoms with Crippen molar-refractivity contribution in [3.8, 4) is 5.75 Å². The van der Waals surface area contributed by atoms with Gasteiger partial charge in [-0.1, -0.05) is 37.3 Å². The molecule has 2 unspecified atom stereocenters. The van der Waals surface area contributed by atoms with Crippen molar-refractivity contribution in [3.05, 3.63) is 59.7 Å². The van der Waals surface area contributed by atoms with Crippen molar-refractivity contribution < 1.29 is 9.53 Å². The summed E-state index contributed by atoms with van der Waals surface area (Å²) < 4.78 is 6.18. The summed E-state index contributed by atoms with van der Waals surface area (Å²) in [5.41, 5.74) is 3.40. The first-order chi connectivity index (χ1) is 10.1. The van der Waals surface area contributed by atoms with Gasteiger partial charge in [-0.05, 0) is 29.7 Å². The minimum absolute atomic E-state index is 0.0771. The van der Waals surface area contributed by atoms with Crippen LogP contribution in [0.1, 0.15) is 31.1 Å². The Bertz CT molecular complexity index is 666. The van der Waals surface area contributed by atoms with E-state index >= 15 is 0 Å². The lowest BCUT2D eigenvalue weighted by atomic mass is 10.1. The van der Waals surface area contributed by atoms with Crippen LogP contribution >= 0.6 is 0 Å². The zero-order valence-corrected chi connectivity index (χ0v) is 12.3. The number of fused-ring (bicyclic) bond motifs is 1. The van der Waals surface area contributed by atoms with E-state index in [1.54, 1.807) is 0 Å². The second-order valence-corrected chi connectivity index (χ2v) is 5.63. The Hall–Kier alpha value is -2.29. The van der Waals surface area contributed by atoms with E-state index in [1.807, 2.05) is 24.3 Å². The highest BCUT2D eigenvalue weighted by atomic mass is 16.5. The van der Waals surface area contributed by atoms with Gasteiger partial charge in [-0.15, -0.1) is 0 Å². The second-order valence-electron chi connectivity index (χ2n) is 5.63. The monoisotopic (exact) mass is 281 g/mol. The quantitative estimate of drug-likeness (QED) is 0.925. The largest absolute Gasteiger partial charge is 0.485 e. The van der Waals surface area contributed by atoms with E-state index in [0.717, 1.165) is 17.9 Å². The van der Waals surface area contributed by atoms with Gasteiger partial charge in [0, 0.05) is 24.6 Å². The van der Waals surface area contributed by atoms with Gasteiger partial charge in [0.1, 0.15) is 11.9 Å². The third kappa shape index (κ3) is 2.92. The number of anilines is 1. The highest BCUT2D eigenvalue weighted by molar-refractivity contribution is 5.88. The van der Waals surface area contributed by atoms with Gasteiger partial charge in [0.05, 0.1) is 0 Å². The van der Waals surface area contributed by atoms with Crippen molar-refractivity contribution in [2.45, 2.75) is 26.4 Å². The molecule has 3 heteroatoms. The van der Waals surface area contributed by atoms with Crippen LogP contribution in [0.25, 0.3) is 0 Å². The molecule has 3 nitrogen and oxygen atoms in total. The minimum atomic E-state index is -0.0771. The summed E-state index contributed by atoms with van der Waals surface area (Å²) >= 11 is 0. The van der Waals surface area contributed by atoms with Gasteiger partial charge in [-0.3, -0.25) is 4.79 Å². The molecular formula is C18H19NO2. The lowest BCUT2D eigenvalue weighted by Gasteiger charge is -2.19. The number of hydrogen-bond donors (Lipinski definition) is 1. The number of nitrogens with one attached hydrogen (secondary N) is 1. The Kier molecular flexibility index (Phi) is 3.65. The summed E-state index contributed by atoms with van der Waals surface area (Å²) in [4.78, 5) is 11.1. The van der Waals surface area contributed by atoms with E-state index in [0.29, 0.717) is 5.92 Å². The van der Waals surface area contributed by atoms with Gasteiger partial charge in [-0.2, -0.15) is 0 Å². The van der Waals surface area contributed by atoms with E-state index in [2.05, 4.69) is 36.5 Å². The van der Waals surface area contributed by atoms with Crippen LogP contribution in [0.2, 0.25) is 0 Å². The van der Waals surface area contributed by atoms with E-state index in [1.165, 1.54) is 18.1 Å². The number of ether oxygens (including phenoxy) is 1. The fraction of sp³-hybridized carbons (Fsp3) is 0.278. The van der Waals surface area contributed by atoms with Crippen molar-refractivity contribution in [2.24, 2.45) is 5.92 Å². The van der Waals surface area contributed by atoms with E-state index < -0.39 is 0 Å². The standard InChI is InChI=1S/C18H19NO2/c1-12-10-14-6-3-4-9-17(14)18(12)21-16-8-5-7-15(11-16)19-13(2)20/h3-9,11-12,18H,10H2,1-2H3,(H,19,20). The highest BCUT2D eigenvalue weighted by Crippen LogP contribution is 2.39. The van der Waals surface area contributed by atoms with E-state index in [4.69, 9.17) is 4.74 Å². The molecule has 1 aliphatic rings. The van der Waals surface area contributed by atoms with Gasteiger partial charge in [0.25, 0.3) is 0 Å². The topological polar surface area (TPSA) is 38.3 Å². The van der Waals surface area contributed by atoms with Gasteiger partial charge in [-0.25, -0.2) is 0 Å². The first kappa shape index (κ1) is 13.7. The molecule has 3 rings (SSSR count). The third-order valence-corrected chi connectivity index (χ3v) is 3.84. The van der Waals surface area contributed by atoms with Gasteiger partial charge in [0.2, 0.25) is 5.91 Å². The maximum atomic E-state index is 11.1. The van der Waals surface area contributed by atoms with Crippen LogP contribution in [-0.2, 0) is 11.2 Å². The molecule has 2 atom stereocenters. The number of hydrogen-bond acceptors (Lipinski definition) is 2. The van der Waals surface area contributed by atoms with Crippen LogP contribution in [0, 0.1) is 5.92 Å². The number of carbonyl (C=O) groups is 1. The molecule has 0 bridgehead atoms. The van der Waals surface area contributed by atoms with Crippen LogP contribution in [0.15, 0.2) is 48.5 Å². The number of amides is 1. The molecule has 0 aromatic heterocycles. The van der Waals surface area contributed by atoms with Crippen molar-refractivity contribution >= 4 is 11.6 Å². The van der Waals surface area contributed by atoms with Gasteiger partial charge >= 0.3 is 0 Å². The van der Waals surface area contributed by atoms with Crippen LogP contribution in [-0.4, -0.2) is 5.91 Å². The molecule has 2 aromatic carbocycles. The summed E-state index contributed by atoms with van der Waals surface area (Å²) in [6.45, 7) is 3.71. The second kappa shape index (κ2) is 5.60. The summed E-state index contributed by atoms with van der Waals surface area (Å²) in [6, 6.07) is 16.0. The molecule has 1 N–H and O–H groups in total. The van der Waals surface area contributed by atoms with E-state index in [-0.39, 0.29) is 12.0 Å². The SMILES string of the molecule is CC(=O)Nc1cccc(OC2c3ccccc3CC2C)c1. The van der Waals surface area contributed by atoms with Crippen molar-refractivity contribution in [3.63, 3.8) is 0 Å². The molecule has 1 aliphatic carbocycles. The molecule has 0 saturated heterocycles. The predicted molar refractivity (Wildman–Crippen MR) is 83.4 cm³/mol. The smallest absolute Gasteiger partial charge is 0.221 e. The fourth-order valence-electron chi connectivity index (χ4n) is 2.93. The van der Waals surface area contributed by atoms with Crippen molar-refractivity contribution in [1.82, 2.24) is 0 Å². The fourth-order valence-corrected chi connectivity index (χ4v) is 2.93. The average Bonchev–Trinajstić information content (AvgIpc) is 2.75. The first-order valence-electron chi connectivity index (χ1n) is 7.25. The van der Waals surface area contributed by atoms with Crippen LogP contribution in [0.3, 0.4) is 0 Å².